The molecule has 0 spiro atoms. The number of nitrogens with one attached hydrogen (secondary N) is 2. The molecule has 8 nitrogen and oxygen atoms in total. The Kier molecular flexibility index (Phi) is 5.21. The lowest BCUT2D eigenvalue weighted by Crippen LogP contribution is -2.75. The smallest absolute Gasteiger partial charge is 0.241 e. The fourth-order valence-electron chi connectivity index (χ4n) is 3.39. The number of carbonyl (C=O) groups is 1. The van der Waals surface area contributed by atoms with E-state index < -0.39 is 11.0 Å². The van der Waals surface area contributed by atoms with Gasteiger partial charge in [0.15, 0.2) is 5.82 Å². The van der Waals surface area contributed by atoms with E-state index in [1.807, 2.05) is 45.0 Å². The zero-order valence-corrected chi connectivity index (χ0v) is 16.2. The van der Waals surface area contributed by atoms with Crippen LogP contribution in [0.25, 0.3) is 11.4 Å². The average molecular weight is 373 g/mol. The Bertz CT molecular complexity index is 802. The van der Waals surface area contributed by atoms with Crippen molar-refractivity contribution in [3.63, 3.8) is 0 Å². The topological polar surface area (TPSA) is 115 Å². The maximum atomic E-state index is 12.7. The van der Waals surface area contributed by atoms with Crippen molar-refractivity contribution >= 4 is 5.91 Å². The average Bonchev–Trinajstić information content (AvgIpc) is 3.14. The Morgan fingerprint density at radius 1 is 1.37 bits per heavy atom. The fraction of sp³-hybridized carbons (Fsp3) is 0.526. The summed E-state index contributed by atoms with van der Waals surface area (Å²) in [6, 6.07) is 7.45. The number of nitrogens with two attached hydrogens (primary N) is 1. The van der Waals surface area contributed by atoms with E-state index in [0.717, 1.165) is 11.3 Å². The van der Waals surface area contributed by atoms with E-state index in [1.54, 1.807) is 7.11 Å². The molecular formula is C19H27N5O3. The van der Waals surface area contributed by atoms with Crippen molar-refractivity contribution in [2.24, 2.45) is 11.1 Å². The Labute approximate surface area is 158 Å². The van der Waals surface area contributed by atoms with Crippen LogP contribution in [0.1, 0.15) is 33.0 Å². The molecule has 27 heavy (non-hydrogen) atoms. The standard InChI is InChI=1S/C19H27N5O3/c1-5-27-14-10-19(20,18(14,2)3)17(25)21-11-15-22-16(24-23-15)12-6-8-13(26-4)9-7-12/h6-9,14H,5,10-11,20H2,1-4H3,(H,21,25)(H,22,23,24). The summed E-state index contributed by atoms with van der Waals surface area (Å²) in [5.74, 6) is 1.69. The summed E-state index contributed by atoms with van der Waals surface area (Å²) in [7, 11) is 1.62. The number of aromatic nitrogens is 3. The molecule has 2 aromatic rings. The minimum atomic E-state index is -0.953. The Hall–Kier alpha value is -2.45. The van der Waals surface area contributed by atoms with Gasteiger partial charge in [-0.2, -0.15) is 5.10 Å². The van der Waals surface area contributed by atoms with Crippen molar-refractivity contribution in [2.75, 3.05) is 13.7 Å². The summed E-state index contributed by atoms with van der Waals surface area (Å²) in [6.45, 7) is 6.71. The van der Waals surface area contributed by atoms with Crippen LogP contribution in [0.4, 0.5) is 0 Å². The molecule has 1 amide bonds. The van der Waals surface area contributed by atoms with E-state index in [0.29, 0.717) is 24.7 Å². The molecule has 0 bridgehead atoms. The molecule has 2 atom stereocenters. The van der Waals surface area contributed by atoms with Crippen LogP contribution in [-0.2, 0) is 16.1 Å². The predicted octanol–water partition coefficient (Wildman–Crippen LogP) is 1.63. The lowest BCUT2D eigenvalue weighted by molar-refractivity contribution is -0.170. The second-order valence-corrected chi connectivity index (χ2v) is 7.36. The van der Waals surface area contributed by atoms with Gasteiger partial charge >= 0.3 is 0 Å². The number of hydrogen-bond acceptors (Lipinski definition) is 6. The van der Waals surface area contributed by atoms with Gasteiger partial charge in [-0.15, -0.1) is 0 Å². The van der Waals surface area contributed by atoms with Crippen LogP contribution < -0.4 is 15.8 Å². The second kappa shape index (κ2) is 7.28. The predicted molar refractivity (Wildman–Crippen MR) is 101 cm³/mol. The molecule has 0 saturated heterocycles. The number of rotatable bonds is 7. The number of aromatic amines is 1. The van der Waals surface area contributed by atoms with Crippen LogP contribution in [0.5, 0.6) is 5.75 Å². The van der Waals surface area contributed by atoms with Crippen LogP contribution in [-0.4, -0.2) is 46.4 Å². The number of H-pyrrole nitrogens is 1. The highest BCUT2D eigenvalue weighted by Crippen LogP contribution is 2.49. The maximum absolute atomic E-state index is 12.7. The first-order valence-corrected chi connectivity index (χ1v) is 9.06. The molecule has 0 aliphatic heterocycles. The van der Waals surface area contributed by atoms with Gasteiger partial charge in [0.05, 0.1) is 19.8 Å². The van der Waals surface area contributed by atoms with E-state index in [9.17, 15) is 4.79 Å². The molecule has 1 heterocycles. The normalized spacial score (nSPS) is 23.5. The number of ether oxygens (including phenoxy) is 2. The summed E-state index contributed by atoms with van der Waals surface area (Å²) in [4.78, 5) is 17.1. The quantitative estimate of drug-likeness (QED) is 0.679. The fourth-order valence-corrected chi connectivity index (χ4v) is 3.39. The van der Waals surface area contributed by atoms with E-state index in [-0.39, 0.29) is 18.6 Å². The molecular weight excluding hydrogens is 346 g/mol. The van der Waals surface area contributed by atoms with Gasteiger partial charge in [0.25, 0.3) is 0 Å². The first-order valence-electron chi connectivity index (χ1n) is 9.06. The van der Waals surface area contributed by atoms with E-state index >= 15 is 0 Å². The van der Waals surface area contributed by atoms with Gasteiger partial charge in [-0.25, -0.2) is 4.98 Å². The van der Waals surface area contributed by atoms with E-state index in [2.05, 4.69) is 20.5 Å². The summed E-state index contributed by atoms with van der Waals surface area (Å²) >= 11 is 0. The second-order valence-electron chi connectivity index (χ2n) is 7.36. The molecule has 0 radical (unpaired) electrons. The Morgan fingerprint density at radius 2 is 2.07 bits per heavy atom. The zero-order valence-electron chi connectivity index (χ0n) is 16.2. The van der Waals surface area contributed by atoms with Crippen LogP contribution in [0, 0.1) is 5.41 Å². The lowest BCUT2D eigenvalue weighted by atomic mass is 9.54. The monoisotopic (exact) mass is 373 g/mol. The highest BCUT2D eigenvalue weighted by molar-refractivity contribution is 5.88. The van der Waals surface area contributed by atoms with Crippen molar-refractivity contribution in [3.8, 4) is 17.1 Å². The zero-order chi connectivity index (χ0) is 19.7. The summed E-state index contributed by atoms with van der Waals surface area (Å²) < 4.78 is 10.8. The number of amides is 1. The van der Waals surface area contributed by atoms with E-state index in [1.165, 1.54) is 0 Å². The minimum Gasteiger partial charge on any atom is -0.497 e. The third kappa shape index (κ3) is 3.42. The molecule has 1 aromatic heterocycles. The number of carbonyl (C=O) groups excluding carboxylic acids is 1. The van der Waals surface area contributed by atoms with Crippen molar-refractivity contribution < 1.29 is 14.3 Å². The Balaban J connectivity index is 1.61. The summed E-state index contributed by atoms with van der Waals surface area (Å²) in [5, 5.41) is 9.92. The van der Waals surface area contributed by atoms with Crippen LogP contribution in [0.15, 0.2) is 24.3 Å². The highest BCUT2D eigenvalue weighted by Gasteiger charge is 2.62. The summed E-state index contributed by atoms with van der Waals surface area (Å²) in [6.07, 6.45) is 0.498. The first kappa shape index (κ1) is 19.3. The molecule has 146 valence electrons. The van der Waals surface area contributed by atoms with Crippen LogP contribution in [0.3, 0.4) is 0 Å². The molecule has 4 N–H and O–H groups in total. The van der Waals surface area contributed by atoms with Gasteiger partial charge in [0.2, 0.25) is 5.91 Å². The third-order valence-corrected chi connectivity index (χ3v) is 5.53. The SMILES string of the molecule is CCOC1CC(N)(C(=O)NCc2nc(-c3ccc(OC)cc3)n[nH]2)C1(C)C. The van der Waals surface area contributed by atoms with Crippen LogP contribution in [0.2, 0.25) is 0 Å². The molecule has 1 aliphatic carbocycles. The van der Waals surface area contributed by atoms with Gasteiger partial charge in [-0.05, 0) is 31.2 Å². The number of nitrogens with zero attached hydrogens (tertiary/aromatic N) is 2. The molecule has 1 fully saturated rings. The van der Waals surface area contributed by atoms with Crippen LogP contribution >= 0.6 is 0 Å². The number of hydrogen-bond donors (Lipinski definition) is 3. The van der Waals surface area contributed by atoms with Crippen molar-refractivity contribution in [1.82, 2.24) is 20.5 Å². The van der Waals surface area contributed by atoms with Gasteiger partial charge in [-0.1, -0.05) is 13.8 Å². The summed E-state index contributed by atoms with van der Waals surface area (Å²) in [5.41, 5.74) is 5.86. The lowest BCUT2D eigenvalue weighted by Gasteiger charge is -2.57. The first-order chi connectivity index (χ1) is 12.8. The number of benzene rings is 1. The molecule has 2 unspecified atom stereocenters. The Morgan fingerprint density at radius 3 is 2.67 bits per heavy atom. The number of methoxy groups -OCH3 is 1. The van der Waals surface area contributed by atoms with Gasteiger partial charge < -0.3 is 20.5 Å². The largest absolute Gasteiger partial charge is 0.497 e. The molecule has 1 saturated carbocycles. The molecule has 1 aliphatic rings. The third-order valence-electron chi connectivity index (χ3n) is 5.53. The van der Waals surface area contributed by atoms with Crippen molar-refractivity contribution in [1.29, 1.82) is 0 Å². The molecule has 8 heteroatoms. The van der Waals surface area contributed by atoms with Crippen molar-refractivity contribution in [3.05, 3.63) is 30.1 Å². The highest BCUT2D eigenvalue weighted by atomic mass is 16.5. The van der Waals surface area contributed by atoms with Crippen molar-refractivity contribution in [2.45, 2.75) is 45.4 Å². The minimum absolute atomic E-state index is 0.00907. The maximum Gasteiger partial charge on any atom is 0.241 e. The van der Waals surface area contributed by atoms with Gasteiger partial charge in [0, 0.05) is 24.0 Å². The van der Waals surface area contributed by atoms with E-state index in [4.69, 9.17) is 15.2 Å². The molecule has 3 rings (SSSR count). The molecule has 1 aromatic carbocycles. The van der Waals surface area contributed by atoms with Gasteiger partial charge in [-0.3, -0.25) is 9.89 Å². The van der Waals surface area contributed by atoms with Gasteiger partial charge in [0.1, 0.15) is 17.1 Å².